The van der Waals surface area contributed by atoms with E-state index in [2.05, 4.69) is 0 Å². The minimum absolute atomic E-state index is 0.213. The lowest BCUT2D eigenvalue weighted by Gasteiger charge is -2.26. The van der Waals surface area contributed by atoms with Gasteiger partial charge in [-0.2, -0.15) is 0 Å². The maximum Gasteiger partial charge on any atom is 0.327 e. The van der Waals surface area contributed by atoms with Crippen LogP contribution in [0.4, 0.5) is 0 Å². The van der Waals surface area contributed by atoms with Crippen molar-refractivity contribution < 1.29 is 14.7 Å². The third-order valence-electron chi connectivity index (χ3n) is 3.26. The van der Waals surface area contributed by atoms with Crippen LogP contribution in [-0.4, -0.2) is 32.2 Å². The summed E-state index contributed by atoms with van der Waals surface area (Å²) in [7, 11) is 0. The molecular formula is C15H13Cl2NO3S2. The normalized spacial score (nSPS) is 18.1. The van der Waals surface area contributed by atoms with Crippen LogP contribution in [-0.2, 0) is 9.59 Å². The van der Waals surface area contributed by atoms with Gasteiger partial charge in [0, 0.05) is 15.6 Å². The highest BCUT2D eigenvalue weighted by atomic mass is 35.5. The van der Waals surface area contributed by atoms with Crippen LogP contribution < -0.4 is 0 Å². The number of nitrogens with zero attached hydrogens (tertiary/aromatic N) is 1. The van der Waals surface area contributed by atoms with Crippen LogP contribution in [0.3, 0.4) is 0 Å². The summed E-state index contributed by atoms with van der Waals surface area (Å²) < 4.78 is 0.213. The lowest BCUT2D eigenvalue weighted by Crippen LogP contribution is -2.47. The second-order valence-electron chi connectivity index (χ2n) is 5.21. The van der Waals surface area contributed by atoms with Crippen LogP contribution in [0, 0.1) is 5.92 Å². The van der Waals surface area contributed by atoms with Gasteiger partial charge in [-0.1, -0.05) is 67.1 Å². The molecule has 0 unspecified atom stereocenters. The van der Waals surface area contributed by atoms with Crippen LogP contribution in [0.15, 0.2) is 23.1 Å². The summed E-state index contributed by atoms with van der Waals surface area (Å²) in [5.74, 6) is -1.82. The van der Waals surface area contributed by atoms with Crippen molar-refractivity contribution >= 4 is 69.5 Å². The van der Waals surface area contributed by atoms with Crippen molar-refractivity contribution in [2.24, 2.45) is 5.92 Å². The molecule has 1 N–H and O–H groups in total. The van der Waals surface area contributed by atoms with Crippen molar-refractivity contribution in [3.05, 3.63) is 38.7 Å². The number of carbonyl (C=O) groups excluding carboxylic acids is 1. The van der Waals surface area contributed by atoms with Gasteiger partial charge < -0.3 is 5.11 Å². The fourth-order valence-electron chi connectivity index (χ4n) is 2.19. The Bertz CT molecular complexity index is 698. The molecule has 1 amide bonds. The number of carboxylic acids is 1. The van der Waals surface area contributed by atoms with Gasteiger partial charge in [-0.15, -0.1) is 0 Å². The van der Waals surface area contributed by atoms with E-state index in [-0.39, 0.29) is 10.2 Å². The van der Waals surface area contributed by atoms with Gasteiger partial charge in [-0.25, -0.2) is 4.79 Å². The first-order valence-electron chi connectivity index (χ1n) is 6.68. The first kappa shape index (κ1) is 18.3. The molecule has 1 fully saturated rings. The predicted octanol–water partition coefficient (Wildman–Crippen LogP) is 4.30. The summed E-state index contributed by atoms with van der Waals surface area (Å²) in [6, 6.07) is 4.02. The van der Waals surface area contributed by atoms with Crippen molar-refractivity contribution in [3.63, 3.8) is 0 Å². The average Bonchev–Trinajstić information content (AvgIpc) is 2.70. The van der Waals surface area contributed by atoms with E-state index in [0.717, 1.165) is 16.7 Å². The number of hydrogen-bond donors (Lipinski definition) is 1. The molecule has 1 atom stereocenters. The summed E-state index contributed by atoms with van der Waals surface area (Å²) in [6.45, 7) is 3.46. The molecule has 1 aliphatic rings. The number of hydrogen-bond acceptors (Lipinski definition) is 4. The Balaban J connectivity index is 2.42. The Kier molecular flexibility index (Phi) is 5.73. The SMILES string of the molecule is CC(C)[C@@H](C(=O)O)N1C(=O)/C(=C/c2c(Cl)cccc2Cl)SC1=S. The zero-order valence-electron chi connectivity index (χ0n) is 12.2. The van der Waals surface area contributed by atoms with Gasteiger partial charge in [0.05, 0.1) is 4.91 Å². The topological polar surface area (TPSA) is 57.6 Å². The zero-order valence-corrected chi connectivity index (χ0v) is 15.4. The molecule has 2 rings (SSSR count). The standard InChI is InChI=1S/C15H13Cl2NO3S2/c1-7(2)12(14(20)21)18-13(19)11(23-15(18)22)6-8-9(16)4-3-5-10(8)17/h3-7,12H,1-2H3,(H,20,21)/b11-6-/t12-/m0/s1. The second-order valence-corrected chi connectivity index (χ2v) is 7.70. The third kappa shape index (κ3) is 3.71. The Hall–Kier alpha value is -1.08. The maximum atomic E-state index is 12.6. The summed E-state index contributed by atoms with van der Waals surface area (Å²) in [4.78, 5) is 25.5. The second kappa shape index (κ2) is 7.21. The quantitative estimate of drug-likeness (QED) is 0.614. The largest absolute Gasteiger partial charge is 0.480 e. The highest BCUT2D eigenvalue weighted by Crippen LogP contribution is 2.37. The number of carbonyl (C=O) groups is 2. The molecule has 0 aliphatic carbocycles. The minimum atomic E-state index is -1.09. The van der Waals surface area contributed by atoms with E-state index in [4.69, 9.17) is 35.4 Å². The molecule has 0 aromatic heterocycles. The molecule has 0 radical (unpaired) electrons. The molecule has 0 spiro atoms. The van der Waals surface area contributed by atoms with Crippen LogP contribution in [0.25, 0.3) is 6.08 Å². The molecule has 1 saturated heterocycles. The smallest absolute Gasteiger partial charge is 0.327 e. The number of carboxylic acid groups (broad SMARTS) is 1. The van der Waals surface area contributed by atoms with Crippen molar-refractivity contribution in [1.82, 2.24) is 4.90 Å². The number of rotatable bonds is 4. The molecule has 122 valence electrons. The van der Waals surface area contributed by atoms with E-state index >= 15 is 0 Å². The number of halogens is 2. The van der Waals surface area contributed by atoms with Gasteiger partial charge in [0.25, 0.3) is 5.91 Å². The minimum Gasteiger partial charge on any atom is -0.480 e. The van der Waals surface area contributed by atoms with Crippen molar-refractivity contribution in [2.45, 2.75) is 19.9 Å². The number of benzene rings is 1. The van der Waals surface area contributed by atoms with Crippen LogP contribution >= 0.6 is 47.2 Å². The number of thiocarbonyl (C=S) groups is 1. The first-order chi connectivity index (χ1) is 10.7. The Morgan fingerprint density at radius 3 is 2.39 bits per heavy atom. The monoisotopic (exact) mass is 389 g/mol. The lowest BCUT2D eigenvalue weighted by molar-refractivity contribution is -0.146. The molecule has 0 saturated carbocycles. The number of amides is 1. The highest BCUT2D eigenvalue weighted by Gasteiger charge is 2.41. The van der Waals surface area contributed by atoms with Crippen molar-refractivity contribution in [1.29, 1.82) is 0 Å². The van der Waals surface area contributed by atoms with Crippen molar-refractivity contribution in [2.75, 3.05) is 0 Å². The fraction of sp³-hybridized carbons (Fsp3) is 0.267. The molecular weight excluding hydrogens is 377 g/mol. The fourth-order valence-corrected chi connectivity index (χ4v) is 4.01. The van der Waals surface area contributed by atoms with E-state index in [0.29, 0.717) is 20.5 Å². The molecule has 8 heteroatoms. The van der Waals surface area contributed by atoms with Gasteiger partial charge in [0.1, 0.15) is 10.4 Å². The molecule has 1 aliphatic heterocycles. The van der Waals surface area contributed by atoms with Gasteiger partial charge in [0.2, 0.25) is 0 Å². The molecule has 1 aromatic rings. The summed E-state index contributed by atoms with van der Waals surface area (Å²) >= 11 is 18.4. The van der Waals surface area contributed by atoms with E-state index in [1.165, 1.54) is 0 Å². The number of thioether (sulfide) groups is 1. The van der Waals surface area contributed by atoms with Crippen LogP contribution in [0.1, 0.15) is 19.4 Å². The van der Waals surface area contributed by atoms with E-state index in [1.54, 1.807) is 38.1 Å². The molecule has 23 heavy (non-hydrogen) atoms. The van der Waals surface area contributed by atoms with Crippen LogP contribution in [0.2, 0.25) is 10.0 Å². The molecule has 1 heterocycles. The highest BCUT2D eigenvalue weighted by molar-refractivity contribution is 8.26. The van der Waals surface area contributed by atoms with E-state index in [1.807, 2.05) is 0 Å². The summed E-state index contributed by atoms with van der Waals surface area (Å²) in [5, 5.41) is 10.2. The maximum absolute atomic E-state index is 12.6. The predicted molar refractivity (Wildman–Crippen MR) is 97.7 cm³/mol. The third-order valence-corrected chi connectivity index (χ3v) is 5.25. The zero-order chi connectivity index (χ0) is 17.3. The van der Waals surface area contributed by atoms with Gasteiger partial charge in [-0.05, 0) is 24.1 Å². The Morgan fingerprint density at radius 2 is 1.91 bits per heavy atom. The molecule has 4 nitrogen and oxygen atoms in total. The number of aliphatic carboxylic acids is 1. The Morgan fingerprint density at radius 1 is 1.35 bits per heavy atom. The van der Waals surface area contributed by atoms with Gasteiger partial charge in [-0.3, -0.25) is 9.69 Å². The Labute approximate surface area is 153 Å². The van der Waals surface area contributed by atoms with Crippen LogP contribution in [0.5, 0.6) is 0 Å². The summed E-state index contributed by atoms with van der Waals surface area (Å²) in [5.41, 5.74) is 0.507. The molecule has 1 aromatic carbocycles. The summed E-state index contributed by atoms with van der Waals surface area (Å²) in [6.07, 6.45) is 1.54. The molecule has 0 bridgehead atoms. The lowest BCUT2D eigenvalue weighted by atomic mass is 10.0. The average molecular weight is 390 g/mol. The first-order valence-corrected chi connectivity index (χ1v) is 8.66. The van der Waals surface area contributed by atoms with Gasteiger partial charge in [0.15, 0.2) is 0 Å². The van der Waals surface area contributed by atoms with E-state index in [9.17, 15) is 14.7 Å². The van der Waals surface area contributed by atoms with Crippen molar-refractivity contribution in [3.8, 4) is 0 Å². The van der Waals surface area contributed by atoms with Gasteiger partial charge >= 0.3 is 5.97 Å². The van der Waals surface area contributed by atoms with E-state index < -0.39 is 17.9 Å².